The highest BCUT2D eigenvalue weighted by atomic mass is 32.1. The maximum absolute atomic E-state index is 13.1. The lowest BCUT2D eigenvalue weighted by Crippen LogP contribution is -2.30. The fourth-order valence-electron chi connectivity index (χ4n) is 3.85. The average molecular weight is 432 g/mol. The van der Waals surface area contributed by atoms with E-state index in [2.05, 4.69) is 32.7 Å². The molecule has 6 nitrogen and oxygen atoms in total. The molecular weight excluding hydrogens is 406 g/mol. The first-order chi connectivity index (χ1) is 15.1. The van der Waals surface area contributed by atoms with E-state index in [1.165, 1.54) is 16.7 Å². The molecule has 0 radical (unpaired) electrons. The fraction of sp³-hybridized carbons (Fsp3) is 0.292. The molecule has 158 valence electrons. The van der Waals surface area contributed by atoms with Crippen molar-refractivity contribution in [1.29, 1.82) is 0 Å². The van der Waals surface area contributed by atoms with Gasteiger partial charge in [-0.25, -0.2) is 9.97 Å². The van der Waals surface area contributed by atoms with Crippen molar-refractivity contribution in [1.82, 2.24) is 20.3 Å². The van der Waals surface area contributed by atoms with Crippen LogP contribution in [-0.2, 0) is 6.42 Å². The Labute approximate surface area is 185 Å². The topological polar surface area (TPSA) is 82.7 Å². The van der Waals surface area contributed by atoms with Crippen LogP contribution in [0.5, 0.6) is 0 Å². The molecule has 7 heteroatoms. The normalized spacial score (nSPS) is 14.5. The molecule has 1 amide bonds. The molecule has 1 fully saturated rings. The molecule has 1 aliphatic rings. The average Bonchev–Trinajstić information content (AvgIpc) is 3.43. The molecule has 0 unspecified atom stereocenters. The van der Waals surface area contributed by atoms with Crippen LogP contribution in [0.4, 0.5) is 5.82 Å². The number of aromatic amines is 1. The van der Waals surface area contributed by atoms with E-state index < -0.39 is 0 Å². The monoisotopic (exact) mass is 431 g/mol. The zero-order chi connectivity index (χ0) is 21.4. The summed E-state index contributed by atoms with van der Waals surface area (Å²) in [7, 11) is 1.87. The molecule has 3 aromatic heterocycles. The summed E-state index contributed by atoms with van der Waals surface area (Å²) in [5, 5.41) is 7.56. The third-order valence-electron chi connectivity index (χ3n) is 5.69. The summed E-state index contributed by atoms with van der Waals surface area (Å²) in [6.45, 7) is 2.01. The number of para-hydroxylation sites is 1. The maximum Gasteiger partial charge on any atom is 0.261 e. The molecule has 0 bridgehead atoms. The van der Waals surface area contributed by atoms with Crippen molar-refractivity contribution in [2.24, 2.45) is 0 Å². The Bertz CT molecular complexity index is 1240. The zero-order valence-electron chi connectivity index (χ0n) is 17.6. The van der Waals surface area contributed by atoms with Crippen LogP contribution in [0.2, 0.25) is 0 Å². The van der Waals surface area contributed by atoms with Gasteiger partial charge in [0, 0.05) is 47.4 Å². The summed E-state index contributed by atoms with van der Waals surface area (Å²) < 4.78 is 0. The van der Waals surface area contributed by atoms with Gasteiger partial charge in [-0.15, -0.1) is 11.3 Å². The molecule has 5 rings (SSSR count). The highest BCUT2D eigenvalue weighted by Crippen LogP contribution is 2.39. The first kappa shape index (κ1) is 19.8. The minimum absolute atomic E-state index is 0.0690. The van der Waals surface area contributed by atoms with Crippen LogP contribution in [0.1, 0.15) is 56.4 Å². The van der Waals surface area contributed by atoms with E-state index in [1.54, 1.807) is 0 Å². The van der Waals surface area contributed by atoms with E-state index in [4.69, 9.17) is 4.98 Å². The zero-order valence-corrected chi connectivity index (χ0v) is 18.4. The molecule has 4 aromatic rings. The number of nitrogens with one attached hydrogen (secondary N) is 3. The fourth-order valence-corrected chi connectivity index (χ4v) is 4.62. The van der Waals surface area contributed by atoms with Gasteiger partial charge in [0.05, 0.1) is 16.6 Å². The predicted octanol–water partition coefficient (Wildman–Crippen LogP) is 4.96. The van der Waals surface area contributed by atoms with Gasteiger partial charge in [0.15, 0.2) is 0 Å². The molecule has 3 N–H and O–H groups in total. The van der Waals surface area contributed by atoms with E-state index >= 15 is 0 Å². The van der Waals surface area contributed by atoms with Gasteiger partial charge in [-0.05, 0) is 43.5 Å². The van der Waals surface area contributed by atoms with Crippen molar-refractivity contribution < 1.29 is 4.79 Å². The number of carbonyl (C=O) groups excluding carboxylic acids is 1. The van der Waals surface area contributed by atoms with Crippen LogP contribution in [-0.4, -0.2) is 27.9 Å². The van der Waals surface area contributed by atoms with Crippen molar-refractivity contribution in [3.8, 4) is 0 Å². The van der Waals surface area contributed by atoms with Crippen LogP contribution in [0.15, 0.2) is 48.7 Å². The number of rotatable bonds is 7. The highest BCUT2D eigenvalue weighted by Gasteiger charge is 2.29. The molecule has 1 atom stereocenters. The molecule has 0 aliphatic heterocycles. The summed E-state index contributed by atoms with van der Waals surface area (Å²) in [6.07, 6.45) is 4.92. The standard InChI is InChI=1S/C24H25N5OS/c1-14-7-10-21(31-14)24(30)28-19(11-16-13-26-18-6-4-3-5-17(16)18)20-12-22(25-2)29-23(27-20)15-8-9-15/h3-7,10,12-13,15,19,26H,8-9,11H2,1-2H3,(H,28,30)(H,25,27,29)/t19-/m0/s1. The maximum atomic E-state index is 13.1. The number of nitrogens with zero attached hydrogens (tertiary/aromatic N) is 2. The van der Waals surface area contributed by atoms with Crippen LogP contribution in [0.3, 0.4) is 0 Å². The van der Waals surface area contributed by atoms with E-state index in [0.29, 0.717) is 17.2 Å². The number of carbonyl (C=O) groups is 1. The Balaban J connectivity index is 1.52. The SMILES string of the molecule is CNc1cc([C@H](Cc2c[nH]c3ccccc23)NC(=O)c2ccc(C)s2)nc(C2CC2)n1. The Morgan fingerprint density at radius 3 is 2.81 bits per heavy atom. The van der Waals surface area contributed by atoms with E-state index in [0.717, 1.165) is 46.1 Å². The summed E-state index contributed by atoms with van der Waals surface area (Å²) in [6, 6.07) is 13.8. The Morgan fingerprint density at radius 2 is 2.06 bits per heavy atom. The van der Waals surface area contributed by atoms with Gasteiger partial charge in [-0.3, -0.25) is 4.79 Å². The van der Waals surface area contributed by atoms with Crippen molar-refractivity contribution in [3.05, 3.63) is 75.5 Å². The lowest BCUT2D eigenvalue weighted by atomic mass is 10.0. The van der Waals surface area contributed by atoms with Crippen molar-refractivity contribution in [2.75, 3.05) is 12.4 Å². The molecular formula is C24H25N5OS. The van der Waals surface area contributed by atoms with Crippen molar-refractivity contribution in [3.63, 3.8) is 0 Å². The number of H-pyrrole nitrogens is 1. The van der Waals surface area contributed by atoms with E-state index in [-0.39, 0.29) is 11.9 Å². The van der Waals surface area contributed by atoms with Gasteiger partial charge in [-0.2, -0.15) is 0 Å². The summed E-state index contributed by atoms with van der Waals surface area (Å²) in [5.74, 6) is 2.01. The molecule has 1 aromatic carbocycles. The Morgan fingerprint density at radius 1 is 1.23 bits per heavy atom. The summed E-state index contributed by atoms with van der Waals surface area (Å²) in [4.78, 5) is 27.8. The second-order valence-corrected chi connectivity index (χ2v) is 9.35. The van der Waals surface area contributed by atoms with Crippen LogP contribution < -0.4 is 10.6 Å². The minimum atomic E-state index is -0.262. The van der Waals surface area contributed by atoms with Gasteiger partial charge in [-0.1, -0.05) is 18.2 Å². The van der Waals surface area contributed by atoms with Crippen LogP contribution in [0, 0.1) is 6.92 Å². The number of hydrogen-bond donors (Lipinski definition) is 3. The van der Waals surface area contributed by atoms with Gasteiger partial charge >= 0.3 is 0 Å². The minimum Gasteiger partial charge on any atom is -0.373 e. The van der Waals surface area contributed by atoms with Gasteiger partial charge in [0.2, 0.25) is 0 Å². The lowest BCUT2D eigenvalue weighted by Gasteiger charge is -2.19. The molecule has 0 spiro atoms. The summed E-state index contributed by atoms with van der Waals surface area (Å²) >= 11 is 1.51. The molecule has 1 aliphatic carbocycles. The molecule has 0 saturated heterocycles. The predicted molar refractivity (Wildman–Crippen MR) is 125 cm³/mol. The van der Waals surface area contributed by atoms with Gasteiger partial charge in [0.25, 0.3) is 5.91 Å². The number of hydrogen-bond acceptors (Lipinski definition) is 5. The van der Waals surface area contributed by atoms with E-state index in [9.17, 15) is 4.79 Å². The van der Waals surface area contributed by atoms with Crippen molar-refractivity contribution in [2.45, 2.75) is 38.1 Å². The number of thiophene rings is 1. The van der Waals surface area contributed by atoms with Gasteiger partial charge < -0.3 is 15.6 Å². The van der Waals surface area contributed by atoms with Crippen LogP contribution >= 0.6 is 11.3 Å². The largest absolute Gasteiger partial charge is 0.373 e. The second kappa shape index (κ2) is 8.15. The highest BCUT2D eigenvalue weighted by molar-refractivity contribution is 7.13. The molecule has 31 heavy (non-hydrogen) atoms. The third-order valence-corrected chi connectivity index (χ3v) is 6.69. The van der Waals surface area contributed by atoms with Crippen molar-refractivity contribution >= 4 is 34.0 Å². The lowest BCUT2D eigenvalue weighted by molar-refractivity contribution is 0.0939. The van der Waals surface area contributed by atoms with E-state index in [1.807, 2.05) is 50.5 Å². The number of amides is 1. The number of fused-ring (bicyclic) bond motifs is 1. The van der Waals surface area contributed by atoms with Gasteiger partial charge in [0.1, 0.15) is 11.6 Å². The number of anilines is 1. The molecule has 1 saturated carbocycles. The Kier molecular flexibility index (Phi) is 5.19. The van der Waals surface area contributed by atoms with Crippen LogP contribution in [0.25, 0.3) is 10.9 Å². The third kappa shape index (κ3) is 4.18. The summed E-state index contributed by atoms with van der Waals surface area (Å²) in [5.41, 5.74) is 3.09. The first-order valence-electron chi connectivity index (χ1n) is 10.6. The number of aromatic nitrogens is 3. The number of aryl methyl sites for hydroxylation is 1. The molecule has 3 heterocycles. The number of benzene rings is 1. The first-order valence-corrected chi connectivity index (χ1v) is 11.4. The quantitative estimate of drug-likeness (QED) is 0.386. The Hall–Kier alpha value is -3.19. The second-order valence-electron chi connectivity index (χ2n) is 8.06. The smallest absolute Gasteiger partial charge is 0.261 e.